The van der Waals surface area contributed by atoms with Gasteiger partial charge in [-0.1, -0.05) is 30.3 Å². The number of carbonyl (C=O) groups is 1. The molecule has 4 rings (SSSR count). The quantitative estimate of drug-likeness (QED) is 0.324. The van der Waals surface area contributed by atoms with Crippen LogP contribution in [0, 0.1) is 0 Å². The van der Waals surface area contributed by atoms with Crippen LogP contribution in [0.1, 0.15) is 17.3 Å². The second kappa shape index (κ2) is 5.76. The predicted octanol–water partition coefficient (Wildman–Crippen LogP) is 3.33. The molecule has 7 heteroatoms. The Labute approximate surface area is 141 Å². The highest BCUT2D eigenvalue weighted by atomic mass is 32.2. The first-order chi connectivity index (χ1) is 11.7. The number of benzene rings is 2. The van der Waals surface area contributed by atoms with Crippen molar-refractivity contribution in [3.63, 3.8) is 0 Å². The highest BCUT2D eigenvalue weighted by Crippen LogP contribution is 2.28. The lowest BCUT2D eigenvalue weighted by atomic mass is 10.1. The molecule has 0 saturated heterocycles. The SMILES string of the molecule is CCOC(=O)c1c(SC)nn2c1nnc1c3ccccc3ccc12. The van der Waals surface area contributed by atoms with Crippen LogP contribution in [0.3, 0.4) is 0 Å². The molecule has 2 aromatic heterocycles. The lowest BCUT2D eigenvalue weighted by Gasteiger charge is -2.04. The van der Waals surface area contributed by atoms with Crippen molar-refractivity contribution in [2.75, 3.05) is 12.9 Å². The maximum atomic E-state index is 12.3. The number of nitrogens with zero attached hydrogens (tertiary/aromatic N) is 4. The zero-order valence-electron chi connectivity index (χ0n) is 13.2. The van der Waals surface area contributed by atoms with Gasteiger partial charge >= 0.3 is 5.97 Å². The molecule has 0 aliphatic carbocycles. The molecule has 0 aliphatic rings. The van der Waals surface area contributed by atoms with E-state index in [2.05, 4.69) is 15.3 Å². The fraction of sp³-hybridized carbons (Fsp3) is 0.176. The van der Waals surface area contributed by atoms with Crippen LogP contribution < -0.4 is 0 Å². The largest absolute Gasteiger partial charge is 0.462 e. The maximum Gasteiger partial charge on any atom is 0.344 e. The zero-order valence-corrected chi connectivity index (χ0v) is 14.0. The van der Waals surface area contributed by atoms with Crippen LogP contribution in [0.25, 0.3) is 27.5 Å². The van der Waals surface area contributed by atoms with Gasteiger partial charge in [-0.3, -0.25) is 0 Å². The molecule has 0 bridgehead atoms. The molecular formula is C17H14N4O2S. The molecule has 4 aromatic rings. The maximum absolute atomic E-state index is 12.3. The molecule has 0 amide bonds. The lowest BCUT2D eigenvalue weighted by Crippen LogP contribution is -2.06. The van der Waals surface area contributed by atoms with Crippen LogP contribution in [0.5, 0.6) is 0 Å². The summed E-state index contributed by atoms with van der Waals surface area (Å²) in [6.45, 7) is 2.07. The van der Waals surface area contributed by atoms with Gasteiger partial charge in [-0.15, -0.1) is 22.0 Å². The summed E-state index contributed by atoms with van der Waals surface area (Å²) in [5.41, 5.74) is 2.35. The van der Waals surface area contributed by atoms with Gasteiger partial charge in [0.15, 0.2) is 5.65 Å². The topological polar surface area (TPSA) is 69.4 Å². The number of fused-ring (bicyclic) bond motifs is 5. The Kier molecular flexibility index (Phi) is 3.57. The van der Waals surface area contributed by atoms with Gasteiger partial charge in [-0.2, -0.15) is 5.10 Å². The Morgan fingerprint density at radius 2 is 2.04 bits per heavy atom. The van der Waals surface area contributed by atoms with Crippen LogP contribution in [0.4, 0.5) is 0 Å². The second-order valence-electron chi connectivity index (χ2n) is 5.19. The Morgan fingerprint density at radius 3 is 2.83 bits per heavy atom. The molecular weight excluding hydrogens is 324 g/mol. The number of hydrogen-bond acceptors (Lipinski definition) is 6. The van der Waals surface area contributed by atoms with Crippen molar-refractivity contribution in [2.45, 2.75) is 11.9 Å². The number of rotatable bonds is 3. The van der Waals surface area contributed by atoms with Crippen molar-refractivity contribution in [2.24, 2.45) is 0 Å². The monoisotopic (exact) mass is 338 g/mol. The van der Waals surface area contributed by atoms with Crippen molar-refractivity contribution < 1.29 is 9.53 Å². The van der Waals surface area contributed by atoms with E-state index in [0.717, 1.165) is 21.8 Å². The minimum absolute atomic E-state index is 0.301. The third kappa shape index (κ3) is 2.12. The molecule has 0 aliphatic heterocycles. The van der Waals surface area contributed by atoms with E-state index in [1.165, 1.54) is 11.8 Å². The van der Waals surface area contributed by atoms with Crippen LogP contribution in [0.15, 0.2) is 41.4 Å². The Bertz CT molecular complexity index is 1090. The number of hydrogen-bond donors (Lipinski definition) is 0. The molecule has 0 fully saturated rings. The van der Waals surface area contributed by atoms with E-state index in [0.29, 0.717) is 22.8 Å². The summed E-state index contributed by atoms with van der Waals surface area (Å²) in [7, 11) is 0. The molecule has 0 atom stereocenters. The molecule has 0 saturated carbocycles. The van der Waals surface area contributed by atoms with Crippen LogP contribution in [0.2, 0.25) is 0 Å². The standard InChI is InChI=1S/C17H14N4O2S/c1-3-23-17(22)13-15-19-18-14-11-7-5-4-6-10(11)8-9-12(14)21(15)20-16(13)24-2/h4-9H,3H2,1-2H3. The minimum atomic E-state index is -0.425. The molecule has 0 unspecified atom stereocenters. The first-order valence-corrected chi connectivity index (χ1v) is 8.75. The Hall–Kier alpha value is -2.67. The third-order valence-corrected chi connectivity index (χ3v) is 4.53. The van der Waals surface area contributed by atoms with Gasteiger partial charge in [0.05, 0.1) is 12.1 Å². The molecule has 6 nitrogen and oxygen atoms in total. The third-order valence-electron chi connectivity index (χ3n) is 3.85. The number of esters is 1. The van der Waals surface area contributed by atoms with E-state index in [-0.39, 0.29) is 0 Å². The number of aromatic nitrogens is 4. The molecule has 0 radical (unpaired) electrons. The summed E-state index contributed by atoms with van der Waals surface area (Å²) < 4.78 is 6.82. The average Bonchev–Trinajstić information content (AvgIpc) is 3.00. The summed E-state index contributed by atoms with van der Waals surface area (Å²) in [6.07, 6.45) is 1.87. The van der Waals surface area contributed by atoms with Gasteiger partial charge in [0.25, 0.3) is 0 Å². The highest BCUT2D eigenvalue weighted by molar-refractivity contribution is 7.98. The summed E-state index contributed by atoms with van der Waals surface area (Å²) in [6, 6.07) is 12.0. The summed E-state index contributed by atoms with van der Waals surface area (Å²) >= 11 is 1.39. The zero-order chi connectivity index (χ0) is 16.7. The second-order valence-corrected chi connectivity index (χ2v) is 5.99. The van der Waals surface area contributed by atoms with Gasteiger partial charge in [0.1, 0.15) is 16.1 Å². The van der Waals surface area contributed by atoms with Gasteiger partial charge in [0.2, 0.25) is 0 Å². The first-order valence-electron chi connectivity index (χ1n) is 7.52. The van der Waals surface area contributed by atoms with Crippen molar-refractivity contribution >= 4 is 45.2 Å². The van der Waals surface area contributed by atoms with E-state index >= 15 is 0 Å². The Morgan fingerprint density at radius 1 is 1.21 bits per heavy atom. The van der Waals surface area contributed by atoms with Crippen molar-refractivity contribution in [1.29, 1.82) is 0 Å². The molecule has 0 spiro atoms. The molecule has 24 heavy (non-hydrogen) atoms. The fourth-order valence-electron chi connectivity index (χ4n) is 2.79. The van der Waals surface area contributed by atoms with Crippen molar-refractivity contribution in [3.8, 4) is 0 Å². The first kappa shape index (κ1) is 14.9. The van der Waals surface area contributed by atoms with E-state index < -0.39 is 5.97 Å². The van der Waals surface area contributed by atoms with E-state index in [1.54, 1.807) is 11.4 Å². The molecule has 2 heterocycles. The number of ether oxygens (including phenoxy) is 1. The Balaban J connectivity index is 2.09. The van der Waals surface area contributed by atoms with Gasteiger partial charge in [-0.05, 0) is 24.6 Å². The fourth-order valence-corrected chi connectivity index (χ4v) is 3.33. The summed E-state index contributed by atoms with van der Waals surface area (Å²) in [5.74, 6) is -0.425. The van der Waals surface area contributed by atoms with E-state index in [1.807, 2.05) is 42.7 Å². The smallest absolute Gasteiger partial charge is 0.344 e. The summed E-state index contributed by atoms with van der Waals surface area (Å²) in [5, 5.41) is 15.8. The average molecular weight is 338 g/mol. The van der Waals surface area contributed by atoms with Crippen LogP contribution in [-0.2, 0) is 4.74 Å². The summed E-state index contributed by atoms with van der Waals surface area (Å²) in [4.78, 5) is 12.3. The molecule has 0 N–H and O–H groups in total. The predicted molar refractivity (Wildman–Crippen MR) is 93.5 cm³/mol. The number of carbonyl (C=O) groups excluding carboxylic acids is 1. The minimum Gasteiger partial charge on any atom is -0.462 e. The van der Waals surface area contributed by atoms with E-state index in [9.17, 15) is 4.79 Å². The van der Waals surface area contributed by atoms with Gasteiger partial charge in [-0.25, -0.2) is 9.31 Å². The van der Waals surface area contributed by atoms with Crippen LogP contribution >= 0.6 is 11.8 Å². The number of thioether (sulfide) groups is 1. The van der Waals surface area contributed by atoms with E-state index in [4.69, 9.17) is 4.74 Å². The van der Waals surface area contributed by atoms with Crippen molar-refractivity contribution in [1.82, 2.24) is 19.8 Å². The molecule has 120 valence electrons. The van der Waals surface area contributed by atoms with Gasteiger partial charge in [0, 0.05) is 5.39 Å². The van der Waals surface area contributed by atoms with Gasteiger partial charge < -0.3 is 4.74 Å². The highest BCUT2D eigenvalue weighted by Gasteiger charge is 2.23. The van der Waals surface area contributed by atoms with Crippen LogP contribution in [-0.4, -0.2) is 38.6 Å². The van der Waals surface area contributed by atoms with Crippen molar-refractivity contribution in [3.05, 3.63) is 42.0 Å². The lowest BCUT2D eigenvalue weighted by molar-refractivity contribution is 0.0524. The molecule has 2 aromatic carbocycles. The normalized spacial score (nSPS) is 11.4.